The topological polar surface area (TPSA) is 65.2 Å². The maximum absolute atomic E-state index is 5.92. The number of aryl methyl sites for hydroxylation is 2. The number of nitrogens with two attached hydrogens (primary N) is 1. The smallest absolute Gasteiger partial charge is 0.230 e. The molecule has 2 aromatic heterocycles. The minimum absolute atomic E-state index is 0.304. The van der Waals surface area contributed by atoms with Gasteiger partial charge in [-0.15, -0.1) is 0 Å². The maximum Gasteiger partial charge on any atom is 0.230 e. The number of benzene rings is 1. The number of hydrogen-bond acceptors (Lipinski definition) is 4. The first kappa shape index (κ1) is 12.5. The highest BCUT2D eigenvalue weighted by Crippen LogP contribution is 2.36. The van der Waals surface area contributed by atoms with Crippen LogP contribution in [0.2, 0.25) is 0 Å². The molecule has 0 aliphatic rings. The monoisotopic (exact) mass is 268 g/mol. The third-order valence-corrected chi connectivity index (χ3v) is 3.30. The van der Waals surface area contributed by atoms with E-state index in [1.54, 1.807) is 0 Å². The third kappa shape index (κ3) is 2.09. The normalized spacial score (nSPS) is 10.9. The van der Waals surface area contributed by atoms with Crippen molar-refractivity contribution in [3.63, 3.8) is 0 Å². The van der Waals surface area contributed by atoms with Gasteiger partial charge in [0.15, 0.2) is 11.5 Å². The fourth-order valence-corrected chi connectivity index (χ4v) is 2.17. The molecule has 4 heteroatoms. The molecule has 0 saturated heterocycles. The molecule has 2 N–H and O–H groups in total. The van der Waals surface area contributed by atoms with Crippen LogP contribution in [0, 0.1) is 6.92 Å². The Morgan fingerprint density at radius 1 is 1.10 bits per heavy atom. The van der Waals surface area contributed by atoms with Gasteiger partial charge in [-0.2, -0.15) is 0 Å². The summed E-state index contributed by atoms with van der Waals surface area (Å²) in [6, 6.07) is 11.9. The highest BCUT2D eigenvalue weighted by Gasteiger charge is 2.19. The van der Waals surface area contributed by atoms with E-state index < -0.39 is 0 Å². The fourth-order valence-electron chi connectivity index (χ4n) is 2.17. The quantitative estimate of drug-likeness (QED) is 0.778. The number of anilines is 1. The predicted octanol–water partition coefficient (Wildman–Crippen LogP) is 4.05. The van der Waals surface area contributed by atoms with Crippen LogP contribution in [0.25, 0.3) is 22.6 Å². The molecule has 0 amide bonds. The first-order valence-electron chi connectivity index (χ1n) is 6.60. The highest BCUT2D eigenvalue weighted by molar-refractivity contribution is 5.85. The molecule has 0 spiro atoms. The SMILES string of the molecule is CCc1ccc(-c2noc(N)c2-c2ccc(C)cc2)o1. The molecule has 102 valence electrons. The molecule has 0 bridgehead atoms. The molecule has 4 nitrogen and oxygen atoms in total. The Bertz CT molecular complexity index is 723. The summed E-state index contributed by atoms with van der Waals surface area (Å²) in [5.74, 6) is 1.90. The van der Waals surface area contributed by atoms with E-state index in [0.29, 0.717) is 17.3 Å². The van der Waals surface area contributed by atoms with Gasteiger partial charge in [0.05, 0.1) is 5.56 Å². The second-order valence-electron chi connectivity index (χ2n) is 4.76. The Morgan fingerprint density at radius 3 is 2.50 bits per heavy atom. The number of rotatable bonds is 3. The average molecular weight is 268 g/mol. The lowest BCUT2D eigenvalue weighted by Gasteiger charge is -2.01. The standard InChI is InChI=1S/C16H16N2O2/c1-3-12-8-9-13(19-12)15-14(16(17)20-18-15)11-6-4-10(2)5-7-11/h4-9H,3,17H2,1-2H3. The van der Waals surface area contributed by atoms with Crippen LogP contribution >= 0.6 is 0 Å². The van der Waals surface area contributed by atoms with Crippen molar-refractivity contribution in [2.75, 3.05) is 5.73 Å². The molecule has 3 aromatic rings. The van der Waals surface area contributed by atoms with Crippen LogP contribution in [0.15, 0.2) is 45.3 Å². The van der Waals surface area contributed by atoms with Gasteiger partial charge in [0.1, 0.15) is 5.76 Å². The number of hydrogen-bond donors (Lipinski definition) is 1. The molecule has 0 saturated carbocycles. The minimum Gasteiger partial charge on any atom is -0.459 e. The van der Waals surface area contributed by atoms with E-state index >= 15 is 0 Å². The summed E-state index contributed by atoms with van der Waals surface area (Å²) in [7, 11) is 0. The van der Waals surface area contributed by atoms with E-state index in [1.165, 1.54) is 5.56 Å². The molecule has 20 heavy (non-hydrogen) atoms. The molecule has 2 heterocycles. The van der Waals surface area contributed by atoms with E-state index in [2.05, 4.69) is 5.16 Å². The summed E-state index contributed by atoms with van der Waals surface area (Å²) in [4.78, 5) is 0. The van der Waals surface area contributed by atoms with Gasteiger partial charge >= 0.3 is 0 Å². The van der Waals surface area contributed by atoms with Gasteiger partial charge in [-0.1, -0.05) is 41.9 Å². The van der Waals surface area contributed by atoms with E-state index in [-0.39, 0.29) is 0 Å². The van der Waals surface area contributed by atoms with Crippen LogP contribution in [0.4, 0.5) is 5.88 Å². The van der Waals surface area contributed by atoms with Crippen molar-refractivity contribution in [2.24, 2.45) is 0 Å². The first-order valence-corrected chi connectivity index (χ1v) is 6.60. The van der Waals surface area contributed by atoms with Crippen molar-refractivity contribution in [1.82, 2.24) is 5.16 Å². The van der Waals surface area contributed by atoms with Crippen molar-refractivity contribution < 1.29 is 8.94 Å². The van der Waals surface area contributed by atoms with Crippen LogP contribution in [-0.2, 0) is 6.42 Å². The van der Waals surface area contributed by atoms with Crippen LogP contribution in [0.1, 0.15) is 18.2 Å². The van der Waals surface area contributed by atoms with Crippen molar-refractivity contribution in [1.29, 1.82) is 0 Å². The lowest BCUT2D eigenvalue weighted by molar-refractivity contribution is 0.434. The summed E-state index contributed by atoms with van der Waals surface area (Å²) in [5.41, 5.74) is 9.50. The number of nitrogens with zero attached hydrogens (tertiary/aromatic N) is 1. The number of furan rings is 1. The van der Waals surface area contributed by atoms with Gasteiger partial charge in [0.2, 0.25) is 5.88 Å². The molecule has 0 aliphatic carbocycles. The van der Waals surface area contributed by atoms with E-state index in [0.717, 1.165) is 23.3 Å². The molecular weight excluding hydrogens is 252 g/mol. The second kappa shape index (κ2) is 4.89. The largest absolute Gasteiger partial charge is 0.459 e. The Kier molecular flexibility index (Phi) is 3.06. The lowest BCUT2D eigenvalue weighted by atomic mass is 10.0. The zero-order valence-electron chi connectivity index (χ0n) is 11.5. The van der Waals surface area contributed by atoms with E-state index in [9.17, 15) is 0 Å². The van der Waals surface area contributed by atoms with Crippen LogP contribution in [0.5, 0.6) is 0 Å². The fraction of sp³-hybridized carbons (Fsp3) is 0.188. The lowest BCUT2D eigenvalue weighted by Crippen LogP contribution is -1.87. The van der Waals surface area contributed by atoms with Crippen molar-refractivity contribution in [3.05, 3.63) is 47.7 Å². The minimum atomic E-state index is 0.304. The summed E-state index contributed by atoms with van der Waals surface area (Å²) < 4.78 is 10.9. The van der Waals surface area contributed by atoms with Gasteiger partial charge in [0, 0.05) is 6.42 Å². The Balaban J connectivity index is 2.11. The zero-order chi connectivity index (χ0) is 14.1. The summed E-state index contributed by atoms with van der Waals surface area (Å²) in [6.45, 7) is 4.09. The molecule has 0 radical (unpaired) electrons. The van der Waals surface area contributed by atoms with E-state index in [1.807, 2.05) is 50.2 Å². The van der Waals surface area contributed by atoms with Crippen molar-refractivity contribution in [3.8, 4) is 22.6 Å². The highest BCUT2D eigenvalue weighted by atomic mass is 16.5. The summed E-state index contributed by atoms with van der Waals surface area (Å²) in [6.07, 6.45) is 0.840. The van der Waals surface area contributed by atoms with Crippen LogP contribution in [0.3, 0.4) is 0 Å². The molecule has 0 atom stereocenters. The Labute approximate surface area is 117 Å². The van der Waals surface area contributed by atoms with Gasteiger partial charge in [0.25, 0.3) is 0 Å². The Hall–Kier alpha value is -2.49. The van der Waals surface area contributed by atoms with Crippen molar-refractivity contribution >= 4 is 5.88 Å². The molecular formula is C16H16N2O2. The third-order valence-electron chi connectivity index (χ3n) is 3.30. The molecule has 1 aromatic carbocycles. The number of nitrogen functional groups attached to an aromatic ring is 1. The summed E-state index contributed by atoms with van der Waals surface area (Å²) in [5, 5.41) is 4.04. The molecule has 3 rings (SSSR count). The van der Waals surface area contributed by atoms with Crippen LogP contribution < -0.4 is 5.73 Å². The molecule has 0 fully saturated rings. The second-order valence-corrected chi connectivity index (χ2v) is 4.76. The molecule has 0 unspecified atom stereocenters. The predicted molar refractivity (Wildman–Crippen MR) is 78.2 cm³/mol. The van der Waals surface area contributed by atoms with Crippen LogP contribution in [-0.4, -0.2) is 5.16 Å². The van der Waals surface area contributed by atoms with Gasteiger partial charge in [-0.25, -0.2) is 0 Å². The van der Waals surface area contributed by atoms with Gasteiger partial charge < -0.3 is 14.7 Å². The number of aromatic nitrogens is 1. The average Bonchev–Trinajstić information content (AvgIpc) is 3.06. The maximum atomic E-state index is 5.92. The molecule has 0 aliphatic heterocycles. The van der Waals surface area contributed by atoms with E-state index in [4.69, 9.17) is 14.7 Å². The first-order chi connectivity index (χ1) is 9.69. The van der Waals surface area contributed by atoms with Gasteiger partial charge in [-0.05, 0) is 24.6 Å². The Morgan fingerprint density at radius 2 is 1.85 bits per heavy atom. The summed E-state index contributed by atoms with van der Waals surface area (Å²) >= 11 is 0. The van der Waals surface area contributed by atoms with Crippen molar-refractivity contribution in [2.45, 2.75) is 20.3 Å². The van der Waals surface area contributed by atoms with Gasteiger partial charge in [-0.3, -0.25) is 0 Å². The zero-order valence-corrected chi connectivity index (χ0v) is 11.5.